The molecule has 2 heterocycles. The molecule has 1 saturated heterocycles. The monoisotopic (exact) mass is 469 g/mol. The van der Waals surface area contributed by atoms with Crippen molar-refractivity contribution in [2.24, 2.45) is 0 Å². The molecule has 144 valence electrons. The van der Waals surface area contributed by atoms with Crippen LogP contribution in [0.3, 0.4) is 0 Å². The lowest BCUT2D eigenvalue weighted by Crippen LogP contribution is -2.49. The third-order valence-corrected chi connectivity index (χ3v) is 5.75. The zero-order chi connectivity index (χ0) is 19.2. The van der Waals surface area contributed by atoms with Crippen molar-refractivity contribution in [3.8, 4) is 0 Å². The molecule has 1 aliphatic rings. The van der Waals surface area contributed by atoms with Gasteiger partial charge in [-0.25, -0.2) is 4.98 Å². The number of aromatic nitrogens is 1. The van der Waals surface area contributed by atoms with E-state index in [1.54, 1.807) is 12.3 Å². The predicted molar refractivity (Wildman–Crippen MR) is 115 cm³/mol. The molecule has 1 fully saturated rings. The van der Waals surface area contributed by atoms with Gasteiger partial charge in [0.2, 0.25) is 5.91 Å². The van der Waals surface area contributed by atoms with Crippen molar-refractivity contribution in [3.05, 3.63) is 56.6 Å². The van der Waals surface area contributed by atoms with E-state index in [1.165, 1.54) is 5.56 Å². The molecule has 1 amide bonds. The smallest absolute Gasteiger partial charge is 0.222 e. The number of rotatable bonds is 6. The summed E-state index contributed by atoms with van der Waals surface area (Å²) in [5, 5.41) is 1.08. The van der Waals surface area contributed by atoms with Gasteiger partial charge in [-0.3, -0.25) is 4.79 Å². The fraction of sp³-hybridized carbons (Fsp3) is 0.400. The maximum absolute atomic E-state index is 12.5. The van der Waals surface area contributed by atoms with Crippen molar-refractivity contribution in [2.45, 2.75) is 25.7 Å². The highest BCUT2D eigenvalue weighted by Crippen LogP contribution is 2.26. The number of nitrogens with zero attached hydrogens (tertiary/aromatic N) is 3. The van der Waals surface area contributed by atoms with Crippen molar-refractivity contribution < 1.29 is 4.79 Å². The molecule has 0 N–H and O–H groups in total. The van der Waals surface area contributed by atoms with Crippen molar-refractivity contribution in [1.82, 2.24) is 9.88 Å². The first kappa shape index (κ1) is 20.4. The number of amides is 1. The molecule has 7 heteroatoms. The van der Waals surface area contributed by atoms with Gasteiger partial charge in [0.05, 0.1) is 10.0 Å². The minimum atomic E-state index is 0.237. The van der Waals surface area contributed by atoms with Crippen molar-refractivity contribution >= 4 is 50.9 Å². The van der Waals surface area contributed by atoms with E-state index in [-0.39, 0.29) is 5.91 Å². The molecule has 0 saturated carbocycles. The van der Waals surface area contributed by atoms with Crippen molar-refractivity contribution in [3.63, 3.8) is 0 Å². The Morgan fingerprint density at radius 2 is 1.78 bits per heavy atom. The fourth-order valence-electron chi connectivity index (χ4n) is 3.22. The van der Waals surface area contributed by atoms with E-state index in [0.29, 0.717) is 29.6 Å². The average molecular weight is 471 g/mol. The first-order valence-electron chi connectivity index (χ1n) is 9.11. The van der Waals surface area contributed by atoms with Crippen LogP contribution in [0.15, 0.2) is 41.0 Å². The summed E-state index contributed by atoms with van der Waals surface area (Å²) in [6, 6.07) is 10.1. The highest BCUT2D eigenvalue weighted by molar-refractivity contribution is 9.10. The highest BCUT2D eigenvalue weighted by atomic mass is 79.9. The lowest BCUT2D eigenvalue weighted by Gasteiger charge is -2.35. The summed E-state index contributed by atoms with van der Waals surface area (Å²) in [4.78, 5) is 20.8. The molecule has 1 aromatic heterocycles. The summed E-state index contributed by atoms with van der Waals surface area (Å²) >= 11 is 15.6. The second kappa shape index (κ2) is 9.76. The maximum Gasteiger partial charge on any atom is 0.222 e. The zero-order valence-electron chi connectivity index (χ0n) is 15.0. The van der Waals surface area contributed by atoms with Crippen LogP contribution < -0.4 is 4.90 Å². The second-order valence-electron chi connectivity index (χ2n) is 6.66. The number of carbonyl (C=O) groups is 1. The number of hydrogen-bond donors (Lipinski definition) is 0. The van der Waals surface area contributed by atoms with E-state index >= 15 is 0 Å². The Bertz CT molecular complexity index is 777. The number of aryl methyl sites for hydroxylation is 1. The second-order valence-corrected chi connectivity index (χ2v) is 8.42. The third kappa shape index (κ3) is 5.84. The number of pyridine rings is 1. The number of unbranched alkanes of at least 4 members (excludes halogenated alkanes) is 1. The summed E-state index contributed by atoms with van der Waals surface area (Å²) in [6.07, 6.45) is 5.16. The van der Waals surface area contributed by atoms with Gasteiger partial charge in [0.25, 0.3) is 0 Å². The lowest BCUT2D eigenvalue weighted by molar-refractivity contribution is -0.131. The van der Waals surface area contributed by atoms with E-state index in [9.17, 15) is 4.79 Å². The van der Waals surface area contributed by atoms with Crippen LogP contribution in [0.4, 0.5) is 5.82 Å². The Kier molecular flexibility index (Phi) is 7.39. The number of piperazine rings is 1. The van der Waals surface area contributed by atoms with Gasteiger partial charge in [-0.1, -0.05) is 51.3 Å². The standard InChI is InChI=1S/C20H22BrCl2N3O/c21-16-7-5-15(6-8-16)3-1-2-4-19(27)25-9-11-26(12-10-25)20-18(23)13-17(22)14-24-20/h5-8,13-14H,1-4,9-12H2. The minimum Gasteiger partial charge on any atom is -0.352 e. The van der Waals surface area contributed by atoms with Crippen LogP contribution in [0.5, 0.6) is 0 Å². The average Bonchev–Trinajstić information content (AvgIpc) is 2.67. The molecule has 0 aliphatic carbocycles. The molecule has 27 heavy (non-hydrogen) atoms. The third-order valence-electron chi connectivity index (χ3n) is 4.74. The first-order valence-corrected chi connectivity index (χ1v) is 10.7. The highest BCUT2D eigenvalue weighted by Gasteiger charge is 2.22. The van der Waals surface area contributed by atoms with E-state index in [1.807, 2.05) is 4.90 Å². The van der Waals surface area contributed by atoms with E-state index in [0.717, 1.165) is 42.6 Å². The quantitative estimate of drug-likeness (QED) is 0.543. The Labute approximate surface area is 178 Å². The number of hydrogen-bond acceptors (Lipinski definition) is 3. The van der Waals surface area contributed by atoms with Gasteiger partial charge in [0.1, 0.15) is 5.82 Å². The molecular weight excluding hydrogens is 449 g/mol. The van der Waals surface area contributed by atoms with Crippen LogP contribution >= 0.6 is 39.1 Å². The van der Waals surface area contributed by atoms with Crippen LogP contribution in [-0.4, -0.2) is 42.0 Å². The SMILES string of the molecule is O=C(CCCCc1ccc(Br)cc1)N1CCN(c2ncc(Cl)cc2Cl)CC1. The summed E-state index contributed by atoms with van der Waals surface area (Å²) in [5.41, 5.74) is 1.31. The van der Waals surface area contributed by atoms with Crippen molar-refractivity contribution in [2.75, 3.05) is 31.1 Å². The largest absolute Gasteiger partial charge is 0.352 e. The molecule has 0 unspecified atom stereocenters. The molecule has 3 rings (SSSR count). The van der Waals surface area contributed by atoms with E-state index in [4.69, 9.17) is 23.2 Å². The molecule has 1 aliphatic heterocycles. The topological polar surface area (TPSA) is 36.4 Å². The number of benzene rings is 1. The number of anilines is 1. The maximum atomic E-state index is 12.5. The summed E-state index contributed by atoms with van der Waals surface area (Å²) < 4.78 is 1.09. The summed E-state index contributed by atoms with van der Waals surface area (Å²) in [6.45, 7) is 2.87. The summed E-state index contributed by atoms with van der Waals surface area (Å²) in [7, 11) is 0. The molecule has 0 spiro atoms. The fourth-order valence-corrected chi connectivity index (χ4v) is 3.99. The predicted octanol–water partition coefficient (Wildman–Crippen LogP) is 5.21. The number of carbonyl (C=O) groups excluding carboxylic acids is 1. The van der Waals surface area contributed by atoms with Gasteiger partial charge in [-0.15, -0.1) is 0 Å². The van der Waals surface area contributed by atoms with Crippen LogP contribution in [-0.2, 0) is 11.2 Å². The van der Waals surface area contributed by atoms with Crippen LogP contribution in [0, 0.1) is 0 Å². The molecule has 2 aromatic rings. The van der Waals surface area contributed by atoms with Crippen LogP contribution in [0.1, 0.15) is 24.8 Å². The Balaban J connectivity index is 1.40. The molecular formula is C20H22BrCl2N3O. The Morgan fingerprint density at radius 3 is 2.44 bits per heavy atom. The van der Waals surface area contributed by atoms with E-state index < -0.39 is 0 Å². The van der Waals surface area contributed by atoms with Gasteiger partial charge >= 0.3 is 0 Å². The molecule has 1 aromatic carbocycles. The van der Waals surface area contributed by atoms with Gasteiger partial charge in [0.15, 0.2) is 0 Å². The zero-order valence-corrected chi connectivity index (χ0v) is 18.1. The van der Waals surface area contributed by atoms with Gasteiger partial charge in [-0.05, 0) is 43.0 Å². The Morgan fingerprint density at radius 1 is 1.07 bits per heavy atom. The Hall–Kier alpha value is -1.30. The normalized spacial score (nSPS) is 14.5. The first-order chi connectivity index (χ1) is 13.0. The van der Waals surface area contributed by atoms with Crippen LogP contribution in [0.2, 0.25) is 10.0 Å². The molecule has 0 radical (unpaired) electrons. The van der Waals surface area contributed by atoms with Gasteiger partial charge in [-0.2, -0.15) is 0 Å². The van der Waals surface area contributed by atoms with E-state index in [2.05, 4.69) is 50.1 Å². The molecule has 4 nitrogen and oxygen atoms in total. The molecule has 0 bridgehead atoms. The molecule has 0 atom stereocenters. The summed E-state index contributed by atoms with van der Waals surface area (Å²) in [5.74, 6) is 0.975. The van der Waals surface area contributed by atoms with Gasteiger partial charge in [0, 0.05) is 43.3 Å². The minimum absolute atomic E-state index is 0.237. The van der Waals surface area contributed by atoms with Crippen molar-refractivity contribution in [1.29, 1.82) is 0 Å². The number of halogens is 3. The van der Waals surface area contributed by atoms with Crippen LogP contribution in [0.25, 0.3) is 0 Å². The lowest BCUT2D eigenvalue weighted by atomic mass is 10.1. The van der Waals surface area contributed by atoms with Gasteiger partial charge < -0.3 is 9.80 Å².